The Labute approximate surface area is 204 Å². The van der Waals surface area contributed by atoms with E-state index >= 15 is 0 Å². The molecule has 0 aliphatic carbocycles. The van der Waals surface area contributed by atoms with Crippen LogP contribution < -0.4 is 10.1 Å². The fraction of sp³-hybridized carbons (Fsp3) is 0.318. The molecule has 12 heteroatoms. The topological polar surface area (TPSA) is 122 Å². The van der Waals surface area contributed by atoms with Gasteiger partial charge in [-0.3, -0.25) is 4.79 Å². The quantitative estimate of drug-likeness (QED) is 0.326. The lowest BCUT2D eigenvalue weighted by Crippen LogP contribution is -2.16. The van der Waals surface area contributed by atoms with E-state index in [1.165, 1.54) is 26.0 Å². The van der Waals surface area contributed by atoms with Gasteiger partial charge in [0, 0.05) is 6.54 Å². The highest BCUT2D eigenvalue weighted by Gasteiger charge is 2.27. The van der Waals surface area contributed by atoms with Crippen molar-refractivity contribution in [3.05, 3.63) is 52.2 Å². The van der Waals surface area contributed by atoms with Gasteiger partial charge in [-0.05, 0) is 31.5 Å². The molecule has 0 aliphatic heterocycles. The number of esters is 2. The van der Waals surface area contributed by atoms with Gasteiger partial charge >= 0.3 is 11.9 Å². The van der Waals surface area contributed by atoms with Crippen LogP contribution in [0.3, 0.4) is 0 Å². The van der Waals surface area contributed by atoms with E-state index in [0.717, 1.165) is 17.1 Å². The van der Waals surface area contributed by atoms with Crippen molar-refractivity contribution in [1.29, 1.82) is 0 Å². The van der Waals surface area contributed by atoms with Crippen molar-refractivity contribution in [3.63, 3.8) is 0 Å². The van der Waals surface area contributed by atoms with E-state index in [0.29, 0.717) is 23.1 Å². The Kier molecular flexibility index (Phi) is 8.66. The number of amides is 1. The fourth-order valence-electron chi connectivity index (χ4n) is 3.04. The largest absolute Gasteiger partial charge is 0.486 e. The SMILES string of the molecule is CCn1c(COc2ccccc2)nnc1SCC(=O)Nc1sc(C(=O)OC)c(C)c1C(=O)OC. The Hall–Kier alpha value is -3.38. The summed E-state index contributed by atoms with van der Waals surface area (Å²) in [6.45, 7) is 4.39. The lowest BCUT2D eigenvalue weighted by molar-refractivity contribution is -0.113. The average molecular weight is 505 g/mol. The Morgan fingerprint density at radius 3 is 2.44 bits per heavy atom. The van der Waals surface area contributed by atoms with Gasteiger partial charge in [0.25, 0.3) is 0 Å². The predicted octanol–water partition coefficient (Wildman–Crippen LogP) is 3.55. The molecule has 2 heterocycles. The summed E-state index contributed by atoms with van der Waals surface area (Å²) in [6, 6.07) is 9.38. The predicted molar refractivity (Wildman–Crippen MR) is 128 cm³/mol. The summed E-state index contributed by atoms with van der Waals surface area (Å²) in [6.07, 6.45) is 0. The zero-order chi connectivity index (χ0) is 24.7. The highest BCUT2D eigenvalue weighted by atomic mass is 32.2. The molecule has 180 valence electrons. The molecule has 0 atom stereocenters. The second kappa shape index (κ2) is 11.7. The van der Waals surface area contributed by atoms with E-state index in [-0.39, 0.29) is 33.7 Å². The summed E-state index contributed by atoms with van der Waals surface area (Å²) in [7, 11) is 2.48. The van der Waals surface area contributed by atoms with Crippen molar-refractivity contribution < 1.29 is 28.6 Å². The van der Waals surface area contributed by atoms with Gasteiger partial charge in [0.05, 0.1) is 25.5 Å². The smallest absolute Gasteiger partial charge is 0.348 e. The number of anilines is 1. The van der Waals surface area contributed by atoms with E-state index < -0.39 is 11.9 Å². The van der Waals surface area contributed by atoms with Gasteiger partial charge in [-0.25, -0.2) is 9.59 Å². The molecular formula is C22H24N4O6S2. The number of carbonyl (C=O) groups is 3. The molecule has 34 heavy (non-hydrogen) atoms. The molecule has 10 nitrogen and oxygen atoms in total. The molecule has 1 amide bonds. The van der Waals surface area contributed by atoms with Crippen LogP contribution in [0.2, 0.25) is 0 Å². The first kappa shape index (κ1) is 25.2. The molecule has 3 aromatic rings. The first-order valence-corrected chi connectivity index (χ1v) is 12.0. The molecule has 0 unspecified atom stereocenters. The number of thiophene rings is 1. The molecule has 3 rings (SSSR count). The minimum Gasteiger partial charge on any atom is -0.486 e. The van der Waals surface area contributed by atoms with Crippen LogP contribution in [0.25, 0.3) is 0 Å². The highest BCUT2D eigenvalue weighted by molar-refractivity contribution is 7.99. The molecule has 0 saturated carbocycles. The van der Waals surface area contributed by atoms with Crippen LogP contribution in [-0.2, 0) is 27.4 Å². The molecule has 0 radical (unpaired) electrons. The van der Waals surface area contributed by atoms with Gasteiger partial charge < -0.3 is 24.1 Å². The Morgan fingerprint density at radius 2 is 1.79 bits per heavy atom. The van der Waals surface area contributed by atoms with Crippen molar-refractivity contribution in [2.45, 2.75) is 32.2 Å². The van der Waals surface area contributed by atoms with E-state index in [9.17, 15) is 14.4 Å². The van der Waals surface area contributed by atoms with Crippen LogP contribution in [0.15, 0.2) is 35.5 Å². The number of benzene rings is 1. The van der Waals surface area contributed by atoms with Gasteiger partial charge in [-0.15, -0.1) is 21.5 Å². The van der Waals surface area contributed by atoms with E-state index in [1.54, 1.807) is 6.92 Å². The lowest BCUT2D eigenvalue weighted by Gasteiger charge is -2.09. The first-order chi connectivity index (χ1) is 16.4. The third-order valence-electron chi connectivity index (χ3n) is 4.71. The van der Waals surface area contributed by atoms with Crippen LogP contribution in [0.1, 0.15) is 38.3 Å². The highest BCUT2D eigenvalue weighted by Crippen LogP contribution is 2.34. The number of hydrogen-bond donors (Lipinski definition) is 1. The number of nitrogens with one attached hydrogen (secondary N) is 1. The van der Waals surface area contributed by atoms with Crippen LogP contribution >= 0.6 is 23.1 Å². The zero-order valence-corrected chi connectivity index (χ0v) is 20.7. The third kappa shape index (κ3) is 5.75. The molecule has 2 aromatic heterocycles. The summed E-state index contributed by atoms with van der Waals surface area (Å²) in [5.41, 5.74) is 0.517. The molecule has 0 spiro atoms. The van der Waals surface area contributed by atoms with Crippen molar-refractivity contribution in [2.24, 2.45) is 0 Å². The normalized spacial score (nSPS) is 10.6. The monoisotopic (exact) mass is 504 g/mol. The average Bonchev–Trinajstić information content (AvgIpc) is 3.40. The zero-order valence-electron chi connectivity index (χ0n) is 19.1. The maximum Gasteiger partial charge on any atom is 0.348 e. The first-order valence-electron chi connectivity index (χ1n) is 10.2. The summed E-state index contributed by atoms with van der Waals surface area (Å²) in [4.78, 5) is 37.1. The maximum atomic E-state index is 12.7. The molecular weight excluding hydrogens is 480 g/mol. The minimum atomic E-state index is -0.652. The molecule has 0 aliphatic rings. The number of thioether (sulfide) groups is 1. The van der Waals surface area contributed by atoms with Crippen molar-refractivity contribution in [2.75, 3.05) is 25.3 Å². The summed E-state index contributed by atoms with van der Waals surface area (Å²) < 4.78 is 17.2. The van der Waals surface area contributed by atoms with Crippen LogP contribution in [0, 0.1) is 6.92 Å². The van der Waals surface area contributed by atoms with Crippen LogP contribution in [0.4, 0.5) is 5.00 Å². The molecule has 1 aromatic carbocycles. The van der Waals surface area contributed by atoms with Crippen molar-refractivity contribution >= 4 is 45.9 Å². The standard InChI is InChI=1S/C22H24N4O6S2/c1-5-26-15(11-32-14-9-7-6-8-10-14)24-25-22(26)33-12-16(27)23-19-17(20(28)30-3)13(2)18(34-19)21(29)31-4/h6-10H,5,11-12H2,1-4H3,(H,23,27). The Bertz CT molecular complexity index is 1180. The number of carbonyl (C=O) groups excluding carboxylic acids is 3. The number of nitrogens with zero attached hydrogens (tertiary/aromatic N) is 3. The van der Waals surface area contributed by atoms with Gasteiger partial charge in [-0.1, -0.05) is 30.0 Å². The molecule has 0 bridgehead atoms. The van der Waals surface area contributed by atoms with E-state index in [4.69, 9.17) is 14.2 Å². The van der Waals surface area contributed by atoms with Gasteiger partial charge in [0.2, 0.25) is 5.91 Å². The van der Waals surface area contributed by atoms with E-state index in [1.807, 2.05) is 41.8 Å². The Balaban J connectivity index is 1.68. The molecule has 0 saturated heterocycles. The minimum absolute atomic E-state index is 0.0167. The number of aromatic nitrogens is 3. The van der Waals surface area contributed by atoms with Crippen LogP contribution in [0.5, 0.6) is 5.75 Å². The fourth-order valence-corrected chi connectivity index (χ4v) is 4.99. The second-order valence-corrected chi connectivity index (χ2v) is 8.79. The number of methoxy groups -OCH3 is 2. The van der Waals surface area contributed by atoms with E-state index in [2.05, 4.69) is 15.5 Å². The Morgan fingerprint density at radius 1 is 1.09 bits per heavy atom. The molecule has 1 N–H and O–H groups in total. The lowest BCUT2D eigenvalue weighted by atomic mass is 10.1. The number of rotatable bonds is 10. The van der Waals surface area contributed by atoms with Crippen LogP contribution in [-0.4, -0.2) is 52.6 Å². The van der Waals surface area contributed by atoms with Crippen molar-refractivity contribution in [1.82, 2.24) is 14.8 Å². The molecule has 0 fully saturated rings. The number of hydrogen-bond acceptors (Lipinski definition) is 10. The second-order valence-electron chi connectivity index (χ2n) is 6.83. The van der Waals surface area contributed by atoms with Crippen molar-refractivity contribution in [3.8, 4) is 5.75 Å². The maximum absolute atomic E-state index is 12.7. The summed E-state index contributed by atoms with van der Waals surface area (Å²) >= 11 is 2.16. The summed E-state index contributed by atoms with van der Waals surface area (Å²) in [5.74, 6) is -0.243. The van der Waals surface area contributed by atoms with Gasteiger partial charge in [-0.2, -0.15) is 0 Å². The summed E-state index contributed by atoms with van der Waals surface area (Å²) in [5, 5.41) is 11.8. The van der Waals surface area contributed by atoms with Gasteiger partial charge in [0.15, 0.2) is 11.0 Å². The third-order valence-corrected chi connectivity index (χ3v) is 6.87. The number of para-hydroxylation sites is 1. The number of ether oxygens (including phenoxy) is 3. The van der Waals surface area contributed by atoms with Gasteiger partial charge in [0.1, 0.15) is 22.2 Å².